The van der Waals surface area contributed by atoms with Gasteiger partial charge in [-0.25, -0.2) is 4.98 Å². The molecule has 4 heteroatoms. The van der Waals surface area contributed by atoms with Crippen LogP contribution in [-0.2, 0) is 6.61 Å². The number of aliphatic hydroxyl groups excluding tert-OH is 1. The lowest BCUT2D eigenvalue weighted by Crippen LogP contribution is -2.36. The monoisotopic (exact) mass is 273 g/mol. The Labute approximate surface area is 120 Å². The normalized spacial score (nSPS) is 17.3. The molecule has 1 aliphatic heterocycles. The van der Waals surface area contributed by atoms with Crippen LogP contribution in [0, 0.1) is 11.8 Å². The molecule has 0 spiro atoms. The lowest BCUT2D eigenvalue weighted by molar-refractivity contribution is 0.274. The average molecular weight is 273 g/mol. The molecule has 108 valence electrons. The molecule has 0 unspecified atom stereocenters. The zero-order valence-electron chi connectivity index (χ0n) is 12.3. The summed E-state index contributed by atoms with van der Waals surface area (Å²) in [7, 11) is 0. The lowest BCUT2D eigenvalue weighted by Gasteiger charge is -2.34. The number of imidazole rings is 1. The van der Waals surface area contributed by atoms with E-state index in [0.717, 1.165) is 42.1 Å². The molecule has 0 atom stereocenters. The van der Waals surface area contributed by atoms with Crippen LogP contribution in [0.5, 0.6) is 0 Å². The molecule has 1 saturated heterocycles. The third kappa shape index (κ3) is 2.29. The minimum atomic E-state index is 0.0324. The van der Waals surface area contributed by atoms with E-state index in [0.29, 0.717) is 0 Å². The third-order valence-corrected chi connectivity index (χ3v) is 4.54. The zero-order valence-corrected chi connectivity index (χ0v) is 12.3. The standard InChI is InChI=1S/C16H23N3O/c1-12(2)13-6-9-18(10-7-13)16-14(11-20)19-8-4-3-5-15(19)17-16/h3-5,8,12-13,20H,6-7,9-11H2,1-2H3. The SMILES string of the molecule is CC(C)C1CCN(c2nc3ccccn3c2CO)CC1. The van der Waals surface area contributed by atoms with Crippen LogP contribution < -0.4 is 4.90 Å². The van der Waals surface area contributed by atoms with Crippen molar-refractivity contribution >= 4 is 11.5 Å². The molecule has 0 saturated carbocycles. The van der Waals surface area contributed by atoms with Gasteiger partial charge in [0.05, 0.1) is 12.3 Å². The second kappa shape index (κ2) is 5.44. The molecule has 1 aliphatic rings. The van der Waals surface area contributed by atoms with Gasteiger partial charge in [-0.05, 0) is 36.8 Å². The van der Waals surface area contributed by atoms with Crippen LogP contribution >= 0.6 is 0 Å². The topological polar surface area (TPSA) is 40.8 Å². The minimum absolute atomic E-state index is 0.0324. The molecule has 0 aliphatic carbocycles. The van der Waals surface area contributed by atoms with Gasteiger partial charge in [-0.15, -0.1) is 0 Å². The number of aliphatic hydroxyl groups is 1. The molecule has 3 rings (SSSR count). The Hall–Kier alpha value is -1.55. The number of pyridine rings is 1. The first-order valence-electron chi connectivity index (χ1n) is 7.52. The summed E-state index contributed by atoms with van der Waals surface area (Å²) in [6, 6.07) is 5.95. The van der Waals surface area contributed by atoms with Gasteiger partial charge in [0.25, 0.3) is 0 Å². The van der Waals surface area contributed by atoms with E-state index in [4.69, 9.17) is 4.98 Å². The fourth-order valence-electron chi connectivity index (χ4n) is 3.21. The number of hydrogen-bond donors (Lipinski definition) is 1. The molecule has 1 N–H and O–H groups in total. The van der Waals surface area contributed by atoms with Gasteiger partial charge in [-0.1, -0.05) is 19.9 Å². The van der Waals surface area contributed by atoms with Crippen LogP contribution in [0.4, 0.5) is 5.82 Å². The van der Waals surface area contributed by atoms with Gasteiger partial charge in [0.2, 0.25) is 0 Å². The van der Waals surface area contributed by atoms with Crippen molar-refractivity contribution in [2.24, 2.45) is 11.8 Å². The van der Waals surface area contributed by atoms with Gasteiger partial charge in [0.15, 0.2) is 5.82 Å². The van der Waals surface area contributed by atoms with Gasteiger partial charge >= 0.3 is 0 Å². The Morgan fingerprint density at radius 1 is 1.30 bits per heavy atom. The van der Waals surface area contributed by atoms with Crippen LogP contribution in [0.15, 0.2) is 24.4 Å². The highest BCUT2D eigenvalue weighted by molar-refractivity contribution is 5.56. The van der Waals surface area contributed by atoms with Crippen LogP contribution in [0.3, 0.4) is 0 Å². The lowest BCUT2D eigenvalue weighted by atomic mass is 9.87. The molecule has 0 aromatic carbocycles. The summed E-state index contributed by atoms with van der Waals surface area (Å²) in [5, 5.41) is 9.69. The van der Waals surface area contributed by atoms with Crippen molar-refractivity contribution < 1.29 is 5.11 Å². The van der Waals surface area contributed by atoms with E-state index in [2.05, 4.69) is 18.7 Å². The van der Waals surface area contributed by atoms with Gasteiger partial charge in [-0.3, -0.25) is 4.40 Å². The molecule has 2 aromatic heterocycles. The maximum absolute atomic E-state index is 9.69. The molecule has 2 aromatic rings. The van der Waals surface area contributed by atoms with Crippen LogP contribution in [-0.4, -0.2) is 27.6 Å². The van der Waals surface area contributed by atoms with E-state index in [9.17, 15) is 5.11 Å². The molecule has 20 heavy (non-hydrogen) atoms. The first kappa shape index (κ1) is 13.4. The molecule has 0 bridgehead atoms. The van der Waals surface area contributed by atoms with Gasteiger partial charge in [0, 0.05) is 19.3 Å². The number of fused-ring (bicyclic) bond motifs is 1. The number of hydrogen-bond acceptors (Lipinski definition) is 3. The van der Waals surface area contributed by atoms with Crippen LogP contribution in [0.2, 0.25) is 0 Å². The second-order valence-electron chi connectivity index (χ2n) is 6.04. The van der Waals surface area contributed by atoms with E-state index in [1.54, 1.807) is 0 Å². The number of anilines is 1. The van der Waals surface area contributed by atoms with Crippen molar-refractivity contribution in [2.75, 3.05) is 18.0 Å². The van der Waals surface area contributed by atoms with E-state index in [1.165, 1.54) is 12.8 Å². The zero-order chi connectivity index (χ0) is 14.1. The Morgan fingerprint density at radius 2 is 2.05 bits per heavy atom. The number of rotatable bonds is 3. The highest BCUT2D eigenvalue weighted by Gasteiger charge is 2.25. The van der Waals surface area contributed by atoms with Crippen molar-refractivity contribution in [2.45, 2.75) is 33.3 Å². The Balaban J connectivity index is 1.87. The third-order valence-electron chi connectivity index (χ3n) is 4.54. The number of piperidine rings is 1. The molecule has 0 amide bonds. The summed E-state index contributed by atoms with van der Waals surface area (Å²) in [6.45, 7) is 6.73. The van der Waals surface area contributed by atoms with Crippen LogP contribution in [0.1, 0.15) is 32.4 Å². The van der Waals surface area contributed by atoms with Crippen molar-refractivity contribution in [3.05, 3.63) is 30.1 Å². The quantitative estimate of drug-likeness (QED) is 0.934. The first-order chi connectivity index (χ1) is 9.70. The average Bonchev–Trinajstić information content (AvgIpc) is 2.85. The summed E-state index contributed by atoms with van der Waals surface area (Å²) in [5.74, 6) is 2.54. The highest BCUT2D eigenvalue weighted by Crippen LogP contribution is 2.29. The summed E-state index contributed by atoms with van der Waals surface area (Å²) < 4.78 is 1.99. The van der Waals surface area contributed by atoms with Crippen molar-refractivity contribution in [3.8, 4) is 0 Å². The Morgan fingerprint density at radius 3 is 2.70 bits per heavy atom. The van der Waals surface area contributed by atoms with Crippen LogP contribution in [0.25, 0.3) is 5.65 Å². The maximum atomic E-state index is 9.69. The maximum Gasteiger partial charge on any atom is 0.153 e. The fourth-order valence-corrected chi connectivity index (χ4v) is 3.21. The molecular weight excluding hydrogens is 250 g/mol. The van der Waals surface area contributed by atoms with E-state index >= 15 is 0 Å². The minimum Gasteiger partial charge on any atom is -0.390 e. The Bertz CT molecular complexity index is 582. The van der Waals surface area contributed by atoms with E-state index < -0.39 is 0 Å². The Kier molecular flexibility index (Phi) is 3.66. The van der Waals surface area contributed by atoms with Gasteiger partial charge in [-0.2, -0.15) is 0 Å². The number of nitrogens with zero attached hydrogens (tertiary/aromatic N) is 3. The largest absolute Gasteiger partial charge is 0.390 e. The van der Waals surface area contributed by atoms with Gasteiger partial charge < -0.3 is 10.0 Å². The summed E-state index contributed by atoms with van der Waals surface area (Å²) in [4.78, 5) is 7.04. The predicted molar refractivity (Wildman–Crippen MR) is 80.9 cm³/mol. The highest BCUT2D eigenvalue weighted by atomic mass is 16.3. The molecule has 0 radical (unpaired) electrons. The smallest absolute Gasteiger partial charge is 0.153 e. The first-order valence-corrected chi connectivity index (χ1v) is 7.52. The van der Waals surface area contributed by atoms with E-state index in [1.807, 2.05) is 28.8 Å². The van der Waals surface area contributed by atoms with Gasteiger partial charge in [0.1, 0.15) is 5.65 Å². The molecule has 3 heterocycles. The van der Waals surface area contributed by atoms with E-state index in [-0.39, 0.29) is 6.61 Å². The van der Waals surface area contributed by atoms with Crippen molar-refractivity contribution in [3.63, 3.8) is 0 Å². The number of aromatic nitrogens is 2. The summed E-state index contributed by atoms with van der Waals surface area (Å²) in [6.07, 6.45) is 4.41. The summed E-state index contributed by atoms with van der Waals surface area (Å²) in [5.41, 5.74) is 1.82. The molecule has 1 fully saturated rings. The summed E-state index contributed by atoms with van der Waals surface area (Å²) >= 11 is 0. The van der Waals surface area contributed by atoms with Crippen molar-refractivity contribution in [1.29, 1.82) is 0 Å². The molecule has 4 nitrogen and oxygen atoms in total. The van der Waals surface area contributed by atoms with Crippen molar-refractivity contribution in [1.82, 2.24) is 9.38 Å². The molecular formula is C16H23N3O. The second-order valence-corrected chi connectivity index (χ2v) is 6.04. The predicted octanol–water partition coefficient (Wildman–Crippen LogP) is 2.70. The fraction of sp³-hybridized carbons (Fsp3) is 0.562.